The fourth-order valence-corrected chi connectivity index (χ4v) is 0.994. The standard InChI is InChI=1S/C9H11F2NO/c1-13-7-4-2-3-6(5-7)8(12)9(10)11/h2-5,8-9H,12H2,1H3. The molecule has 0 saturated heterocycles. The minimum atomic E-state index is -2.55. The van der Waals surface area contributed by atoms with Gasteiger partial charge in [-0.25, -0.2) is 8.78 Å². The van der Waals surface area contributed by atoms with Crippen molar-refractivity contribution in [2.45, 2.75) is 12.5 Å². The maximum atomic E-state index is 12.2. The lowest BCUT2D eigenvalue weighted by molar-refractivity contribution is 0.116. The van der Waals surface area contributed by atoms with Gasteiger partial charge in [-0.05, 0) is 17.7 Å². The summed E-state index contributed by atoms with van der Waals surface area (Å²) in [5, 5.41) is 0. The molecule has 0 radical (unpaired) electrons. The van der Waals surface area contributed by atoms with Crippen LogP contribution in [0.4, 0.5) is 8.78 Å². The molecule has 0 bridgehead atoms. The topological polar surface area (TPSA) is 35.2 Å². The zero-order valence-corrected chi connectivity index (χ0v) is 7.21. The molecule has 0 spiro atoms. The van der Waals surface area contributed by atoms with E-state index in [0.29, 0.717) is 11.3 Å². The first-order valence-electron chi connectivity index (χ1n) is 3.83. The van der Waals surface area contributed by atoms with Gasteiger partial charge in [0.05, 0.1) is 13.2 Å². The number of hydrogen-bond acceptors (Lipinski definition) is 2. The number of hydrogen-bond donors (Lipinski definition) is 1. The van der Waals surface area contributed by atoms with E-state index in [1.165, 1.54) is 13.2 Å². The molecule has 0 fully saturated rings. The van der Waals surface area contributed by atoms with Gasteiger partial charge in [-0.15, -0.1) is 0 Å². The summed E-state index contributed by atoms with van der Waals surface area (Å²) in [5.74, 6) is 0.536. The van der Waals surface area contributed by atoms with Gasteiger partial charge in [0, 0.05) is 0 Å². The molecule has 13 heavy (non-hydrogen) atoms. The average molecular weight is 187 g/mol. The van der Waals surface area contributed by atoms with Crippen LogP contribution in [0.15, 0.2) is 24.3 Å². The number of rotatable bonds is 3. The largest absolute Gasteiger partial charge is 0.497 e. The van der Waals surface area contributed by atoms with E-state index in [2.05, 4.69) is 0 Å². The van der Waals surface area contributed by atoms with Crippen molar-refractivity contribution in [2.75, 3.05) is 7.11 Å². The van der Waals surface area contributed by atoms with Crippen molar-refractivity contribution in [1.82, 2.24) is 0 Å². The van der Waals surface area contributed by atoms with Crippen molar-refractivity contribution in [3.05, 3.63) is 29.8 Å². The van der Waals surface area contributed by atoms with Crippen LogP contribution in [0.25, 0.3) is 0 Å². The second-order valence-electron chi connectivity index (χ2n) is 2.64. The Labute approximate surface area is 75.3 Å². The molecule has 1 aromatic carbocycles. The van der Waals surface area contributed by atoms with Crippen molar-refractivity contribution in [2.24, 2.45) is 5.73 Å². The molecule has 2 N–H and O–H groups in total. The summed E-state index contributed by atoms with van der Waals surface area (Å²) in [6.07, 6.45) is -2.55. The molecule has 0 amide bonds. The van der Waals surface area contributed by atoms with Gasteiger partial charge >= 0.3 is 0 Å². The van der Waals surface area contributed by atoms with E-state index in [-0.39, 0.29) is 0 Å². The highest BCUT2D eigenvalue weighted by Crippen LogP contribution is 2.21. The lowest BCUT2D eigenvalue weighted by Gasteiger charge is -2.11. The first-order chi connectivity index (χ1) is 6.15. The van der Waals surface area contributed by atoms with Gasteiger partial charge in [-0.2, -0.15) is 0 Å². The number of benzene rings is 1. The average Bonchev–Trinajstić information content (AvgIpc) is 2.16. The van der Waals surface area contributed by atoms with E-state index < -0.39 is 12.5 Å². The quantitative estimate of drug-likeness (QED) is 0.785. The third kappa shape index (κ3) is 2.39. The van der Waals surface area contributed by atoms with Crippen molar-refractivity contribution < 1.29 is 13.5 Å². The van der Waals surface area contributed by atoms with Crippen LogP contribution < -0.4 is 10.5 Å². The number of methoxy groups -OCH3 is 1. The van der Waals surface area contributed by atoms with Crippen molar-refractivity contribution in [3.8, 4) is 5.75 Å². The third-order valence-electron chi connectivity index (χ3n) is 1.75. The van der Waals surface area contributed by atoms with E-state index in [0.717, 1.165) is 0 Å². The first-order valence-corrected chi connectivity index (χ1v) is 3.83. The second-order valence-corrected chi connectivity index (χ2v) is 2.64. The molecule has 72 valence electrons. The Morgan fingerprint density at radius 3 is 2.62 bits per heavy atom. The van der Waals surface area contributed by atoms with Gasteiger partial charge in [0.2, 0.25) is 0 Å². The predicted octanol–water partition coefficient (Wildman–Crippen LogP) is 1.96. The van der Waals surface area contributed by atoms with E-state index in [1.54, 1.807) is 18.2 Å². The van der Waals surface area contributed by atoms with Crippen LogP contribution in [0.1, 0.15) is 11.6 Å². The molecule has 2 nitrogen and oxygen atoms in total. The summed E-state index contributed by atoms with van der Waals surface area (Å²) in [4.78, 5) is 0. The Morgan fingerprint density at radius 2 is 2.08 bits per heavy atom. The lowest BCUT2D eigenvalue weighted by atomic mass is 10.1. The normalized spacial score (nSPS) is 13.0. The Kier molecular flexibility index (Phi) is 3.19. The van der Waals surface area contributed by atoms with E-state index in [4.69, 9.17) is 10.5 Å². The molecule has 1 atom stereocenters. The number of ether oxygens (including phenoxy) is 1. The number of nitrogens with two attached hydrogens (primary N) is 1. The van der Waals surface area contributed by atoms with Crippen LogP contribution in [0.3, 0.4) is 0 Å². The van der Waals surface area contributed by atoms with Crippen LogP contribution in [0, 0.1) is 0 Å². The number of alkyl halides is 2. The highest BCUT2D eigenvalue weighted by Gasteiger charge is 2.17. The molecule has 0 heterocycles. The molecule has 0 aliphatic carbocycles. The van der Waals surface area contributed by atoms with Crippen LogP contribution >= 0.6 is 0 Å². The highest BCUT2D eigenvalue weighted by molar-refractivity contribution is 5.30. The summed E-state index contributed by atoms with van der Waals surface area (Å²) in [7, 11) is 1.48. The first kappa shape index (κ1) is 9.92. The van der Waals surface area contributed by atoms with E-state index in [1.807, 2.05) is 0 Å². The van der Waals surface area contributed by atoms with Gasteiger partial charge < -0.3 is 10.5 Å². The summed E-state index contributed by atoms with van der Waals surface area (Å²) in [5.41, 5.74) is 5.64. The molecular weight excluding hydrogens is 176 g/mol. The van der Waals surface area contributed by atoms with Gasteiger partial charge in [-0.1, -0.05) is 12.1 Å². The SMILES string of the molecule is COc1cccc(C(N)C(F)F)c1. The fraction of sp³-hybridized carbons (Fsp3) is 0.333. The van der Waals surface area contributed by atoms with E-state index in [9.17, 15) is 8.78 Å². The summed E-state index contributed by atoms with van der Waals surface area (Å²) < 4.78 is 29.3. The summed E-state index contributed by atoms with van der Waals surface area (Å²) in [6.45, 7) is 0. The second kappa shape index (κ2) is 4.18. The molecule has 1 rings (SSSR count). The van der Waals surface area contributed by atoms with Crippen molar-refractivity contribution in [1.29, 1.82) is 0 Å². The van der Waals surface area contributed by atoms with Crippen LogP contribution in [-0.4, -0.2) is 13.5 Å². The minimum absolute atomic E-state index is 0.384. The predicted molar refractivity (Wildman–Crippen MR) is 45.9 cm³/mol. The lowest BCUT2D eigenvalue weighted by Crippen LogP contribution is -2.18. The molecule has 0 aromatic heterocycles. The van der Waals surface area contributed by atoms with E-state index >= 15 is 0 Å². The monoisotopic (exact) mass is 187 g/mol. The van der Waals surface area contributed by atoms with Gasteiger partial charge in [0.25, 0.3) is 6.43 Å². The minimum Gasteiger partial charge on any atom is -0.497 e. The third-order valence-corrected chi connectivity index (χ3v) is 1.75. The highest BCUT2D eigenvalue weighted by atomic mass is 19.3. The molecule has 1 unspecified atom stereocenters. The number of halogens is 2. The van der Waals surface area contributed by atoms with Crippen LogP contribution in [0.5, 0.6) is 5.75 Å². The molecule has 4 heteroatoms. The fourth-order valence-electron chi connectivity index (χ4n) is 0.994. The zero-order chi connectivity index (χ0) is 9.84. The van der Waals surface area contributed by atoms with Gasteiger partial charge in [0.1, 0.15) is 5.75 Å². The summed E-state index contributed by atoms with van der Waals surface area (Å²) in [6, 6.07) is 5.14. The Hall–Kier alpha value is -1.16. The Bertz CT molecular complexity index is 278. The van der Waals surface area contributed by atoms with Crippen LogP contribution in [0.2, 0.25) is 0 Å². The molecule has 0 aliphatic heterocycles. The smallest absolute Gasteiger partial charge is 0.257 e. The van der Waals surface area contributed by atoms with Gasteiger partial charge in [0.15, 0.2) is 0 Å². The van der Waals surface area contributed by atoms with Crippen LogP contribution in [-0.2, 0) is 0 Å². The Morgan fingerprint density at radius 1 is 1.38 bits per heavy atom. The maximum Gasteiger partial charge on any atom is 0.257 e. The maximum absolute atomic E-state index is 12.2. The van der Waals surface area contributed by atoms with Gasteiger partial charge in [-0.3, -0.25) is 0 Å². The summed E-state index contributed by atoms with van der Waals surface area (Å²) >= 11 is 0. The Balaban J connectivity index is 2.88. The van der Waals surface area contributed by atoms with Crippen molar-refractivity contribution in [3.63, 3.8) is 0 Å². The molecule has 1 aromatic rings. The molecular formula is C9H11F2NO. The molecule has 0 aliphatic rings. The van der Waals surface area contributed by atoms with Crippen molar-refractivity contribution >= 4 is 0 Å². The zero-order valence-electron chi connectivity index (χ0n) is 7.21. The molecule has 0 saturated carbocycles.